The molecule has 1 N–H and O–H groups in total. The second-order valence-electron chi connectivity index (χ2n) is 6.41. The predicted molar refractivity (Wildman–Crippen MR) is 92.3 cm³/mol. The fourth-order valence-corrected chi connectivity index (χ4v) is 3.90. The Bertz CT molecular complexity index is 410. The Morgan fingerprint density at radius 1 is 1.43 bits per heavy atom. The van der Waals surface area contributed by atoms with E-state index in [1.807, 2.05) is 11.3 Å². The van der Waals surface area contributed by atoms with E-state index in [-0.39, 0.29) is 0 Å². The van der Waals surface area contributed by atoms with Gasteiger partial charge in [-0.15, -0.1) is 11.3 Å². The van der Waals surface area contributed by atoms with Crippen LogP contribution >= 0.6 is 11.3 Å². The lowest BCUT2D eigenvalue weighted by atomic mass is 9.97. The van der Waals surface area contributed by atoms with Crippen molar-refractivity contribution in [1.82, 2.24) is 15.2 Å². The predicted octanol–water partition coefficient (Wildman–Crippen LogP) is 2.98. The maximum Gasteiger partial charge on any atom is 0.185 e. The number of nitrogens with one attached hydrogen (secondary N) is 1. The summed E-state index contributed by atoms with van der Waals surface area (Å²) >= 11 is 1.85. The molecule has 0 saturated carbocycles. The maximum atomic E-state index is 4.65. The number of hydrogen-bond donors (Lipinski definition) is 1. The number of hydrogen-bond acceptors (Lipinski definition) is 5. The van der Waals surface area contributed by atoms with E-state index >= 15 is 0 Å². The zero-order valence-corrected chi connectivity index (χ0v) is 14.7. The summed E-state index contributed by atoms with van der Waals surface area (Å²) in [6, 6.07) is 0.419. The molecule has 5 heteroatoms. The Morgan fingerprint density at radius 2 is 2.14 bits per heavy atom. The molecule has 120 valence electrons. The summed E-state index contributed by atoms with van der Waals surface area (Å²) < 4.78 is 0. The van der Waals surface area contributed by atoms with E-state index in [4.69, 9.17) is 0 Å². The van der Waals surface area contributed by atoms with Crippen LogP contribution in [0.2, 0.25) is 0 Å². The van der Waals surface area contributed by atoms with Crippen molar-refractivity contribution in [2.24, 2.45) is 5.92 Å². The Kier molecular flexibility index (Phi) is 6.45. The molecule has 1 aromatic rings. The van der Waals surface area contributed by atoms with Crippen LogP contribution in [0.25, 0.3) is 0 Å². The molecule has 21 heavy (non-hydrogen) atoms. The molecule has 1 aliphatic rings. The molecule has 0 bridgehead atoms. The fraction of sp³-hybridized carbons (Fsp3) is 0.812. The van der Waals surface area contributed by atoms with Crippen molar-refractivity contribution in [1.29, 1.82) is 0 Å². The van der Waals surface area contributed by atoms with Crippen LogP contribution in [0.15, 0.2) is 6.20 Å². The van der Waals surface area contributed by atoms with Gasteiger partial charge in [-0.05, 0) is 52.7 Å². The number of thiazole rings is 1. The third-order valence-electron chi connectivity index (χ3n) is 4.15. The van der Waals surface area contributed by atoms with Gasteiger partial charge in [-0.1, -0.05) is 6.92 Å². The highest BCUT2D eigenvalue weighted by Crippen LogP contribution is 2.30. The standard InChI is InChI=1S/C16H30N4S/c1-5-8-17-13(2)15-11-18-16(21-15)20-9-6-14(7-10-20)12-19(3)4/h11,13-14,17H,5-10,12H2,1-4H3. The van der Waals surface area contributed by atoms with Gasteiger partial charge in [0, 0.05) is 36.8 Å². The molecule has 2 rings (SSSR count). The van der Waals surface area contributed by atoms with E-state index < -0.39 is 0 Å². The fourth-order valence-electron chi connectivity index (χ4n) is 2.91. The molecule has 0 aliphatic carbocycles. The second kappa shape index (κ2) is 8.11. The zero-order chi connectivity index (χ0) is 15.2. The highest BCUT2D eigenvalue weighted by atomic mass is 32.1. The summed E-state index contributed by atoms with van der Waals surface area (Å²) in [5.41, 5.74) is 0. The molecule has 1 aliphatic heterocycles. The average Bonchev–Trinajstić information content (AvgIpc) is 2.95. The number of piperidine rings is 1. The monoisotopic (exact) mass is 310 g/mol. The first-order valence-corrected chi connectivity index (χ1v) is 9.00. The molecule has 2 heterocycles. The molecular weight excluding hydrogens is 280 g/mol. The lowest BCUT2D eigenvalue weighted by molar-refractivity contribution is 0.285. The molecule has 1 fully saturated rings. The zero-order valence-electron chi connectivity index (χ0n) is 13.9. The minimum Gasteiger partial charge on any atom is -0.348 e. The van der Waals surface area contributed by atoms with Gasteiger partial charge in [-0.2, -0.15) is 0 Å². The molecule has 1 aromatic heterocycles. The molecule has 0 aromatic carbocycles. The molecule has 4 nitrogen and oxygen atoms in total. The van der Waals surface area contributed by atoms with E-state index in [2.05, 4.69) is 54.2 Å². The molecule has 0 amide bonds. The quantitative estimate of drug-likeness (QED) is 0.839. The third kappa shape index (κ3) is 4.94. The summed E-state index contributed by atoms with van der Waals surface area (Å²) in [7, 11) is 4.34. The van der Waals surface area contributed by atoms with Crippen LogP contribution in [-0.4, -0.2) is 50.2 Å². The number of nitrogens with zero attached hydrogens (tertiary/aromatic N) is 3. The summed E-state index contributed by atoms with van der Waals surface area (Å²) in [4.78, 5) is 10.8. The van der Waals surface area contributed by atoms with Crippen molar-refractivity contribution in [3.8, 4) is 0 Å². The summed E-state index contributed by atoms with van der Waals surface area (Å²) in [6.07, 6.45) is 5.81. The van der Waals surface area contributed by atoms with Crippen LogP contribution in [0.3, 0.4) is 0 Å². The second-order valence-corrected chi connectivity index (χ2v) is 7.45. The largest absolute Gasteiger partial charge is 0.348 e. The van der Waals surface area contributed by atoms with Crippen LogP contribution in [0.1, 0.15) is 44.0 Å². The maximum absolute atomic E-state index is 4.65. The van der Waals surface area contributed by atoms with E-state index in [0.717, 1.165) is 25.6 Å². The van der Waals surface area contributed by atoms with Gasteiger partial charge >= 0.3 is 0 Å². The SMILES string of the molecule is CCCNC(C)c1cnc(N2CCC(CN(C)C)CC2)s1. The first kappa shape index (κ1) is 16.7. The summed E-state index contributed by atoms with van der Waals surface area (Å²) in [5, 5.41) is 4.75. The Morgan fingerprint density at radius 3 is 2.76 bits per heavy atom. The van der Waals surface area contributed by atoms with Gasteiger partial charge in [0.2, 0.25) is 0 Å². The van der Waals surface area contributed by atoms with Gasteiger partial charge in [0.05, 0.1) is 0 Å². The van der Waals surface area contributed by atoms with Crippen molar-refractivity contribution in [3.05, 3.63) is 11.1 Å². The summed E-state index contributed by atoms with van der Waals surface area (Å²) in [5.74, 6) is 0.848. The molecule has 0 spiro atoms. The average molecular weight is 311 g/mol. The van der Waals surface area contributed by atoms with Crippen LogP contribution < -0.4 is 10.2 Å². The van der Waals surface area contributed by atoms with E-state index in [9.17, 15) is 0 Å². The van der Waals surface area contributed by atoms with Crippen LogP contribution in [-0.2, 0) is 0 Å². The lowest BCUT2D eigenvalue weighted by Gasteiger charge is -2.33. The minimum atomic E-state index is 0.419. The Balaban J connectivity index is 1.85. The highest BCUT2D eigenvalue weighted by molar-refractivity contribution is 7.15. The lowest BCUT2D eigenvalue weighted by Crippen LogP contribution is -2.37. The highest BCUT2D eigenvalue weighted by Gasteiger charge is 2.22. The Hall–Kier alpha value is -0.650. The van der Waals surface area contributed by atoms with E-state index in [0.29, 0.717) is 6.04 Å². The van der Waals surface area contributed by atoms with Gasteiger partial charge in [-0.3, -0.25) is 0 Å². The normalized spacial score (nSPS) is 18.4. The first-order chi connectivity index (χ1) is 10.1. The topological polar surface area (TPSA) is 31.4 Å². The van der Waals surface area contributed by atoms with Crippen LogP contribution in [0.5, 0.6) is 0 Å². The smallest absolute Gasteiger partial charge is 0.185 e. The van der Waals surface area contributed by atoms with Gasteiger partial charge in [0.15, 0.2) is 5.13 Å². The van der Waals surface area contributed by atoms with Gasteiger partial charge < -0.3 is 15.1 Å². The minimum absolute atomic E-state index is 0.419. The number of rotatable bonds is 7. The summed E-state index contributed by atoms with van der Waals surface area (Å²) in [6.45, 7) is 9.04. The molecule has 1 unspecified atom stereocenters. The molecular formula is C16H30N4S. The number of anilines is 1. The van der Waals surface area contributed by atoms with Crippen molar-refractivity contribution < 1.29 is 0 Å². The van der Waals surface area contributed by atoms with Crippen LogP contribution in [0, 0.1) is 5.92 Å². The van der Waals surface area contributed by atoms with E-state index in [1.165, 1.54) is 35.8 Å². The van der Waals surface area contributed by atoms with Crippen molar-refractivity contribution in [2.45, 2.75) is 39.2 Å². The van der Waals surface area contributed by atoms with Crippen molar-refractivity contribution in [3.63, 3.8) is 0 Å². The van der Waals surface area contributed by atoms with Gasteiger partial charge in [0.25, 0.3) is 0 Å². The Labute approximate surface area is 133 Å². The van der Waals surface area contributed by atoms with Crippen molar-refractivity contribution in [2.75, 3.05) is 45.2 Å². The third-order valence-corrected chi connectivity index (χ3v) is 5.39. The molecule has 0 radical (unpaired) electrons. The van der Waals surface area contributed by atoms with Gasteiger partial charge in [0.1, 0.15) is 0 Å². The number of aromatic nitrogens is 1. The molecule has 1 atom stereocenters. The van der Waals surface area contributed by atoms with Gasteiger partial charge in [-0.25, -0.2) is 4.98 Å². The molecule has 1 saturated heterocycles. The van der Waals surface area contributed by atoms with Crippen molar-refractivity contribution >= 4 is 16.5 Å². The first-order valence-electron chi connectivity index (χ1n) is 8.19. The van der Waals surface area contributed by atoms with Crippen LogP contribution in [0.4, 0.5) is 5.13 Å². The van der Waals surface area contributed by atoms with E-state index in [1.54, 1.807) is 0 Å².